The fraction of sp³-hybridized carbons (Fsp3) is 0.278. The lowest BCUT2D eigenvalue weighted by Crippen LogP contribution is -2.17. The molecule has 0 spiro atoms. The molecule has 1 unspecified atom stereocenters. The molecule has 0 bridgehead atoms. The minimum atomic E-state index is -0.269. The molecule has 0 saturated carbocycles. The minimum Gasteiger partial charge on any atom is -0.294 e. The molecule has 1 aliphatic rings. The van der Waals surface area contributed by atoms with Gasteiger partial charge in [0.2, 0.25) is 0 Å². The van der Waals surface area contributed by atoms with E-state index >= 15 is 0 Å². The van der Waals surface area contributed by atoms with Crippen molar-refractivity contribution in [2.24, 2.45) is 5.92 Å². The van der Waals surface area contributed by atoms with Crippen LogP contribution in [0.4, 0.5) is 4.39 Å². The van der Waals surface area contributed by atoms with Gasteiger partial charge in [0, 0.05) is 11.5 Å². The Hall–Kier alpha value is -1.48. The lowest BCUT2D eigenvalue weighted by molar-refractivity contribution is 0.0915. The molecule has 0 amide bonds. The van der Waals surface area contributed by atoms with Gasteiger partial charge < -0.3 is 0 Å². The van der Waals surface area contributed by atoms with E-state index in [4.69, 9.17) is 0 Å². The number of carbonyl (C=O) groups is 1. The average Bonchev–Trinajstić information content (AvgIpc) is 2.65. The van der Waals surface area contributed by atoms with E-state index in [0.717, 1.165) is 36.0 Å². The second-order valence-corrected chi connectivity index (χ2v) is 6.32. The summed E-state index contributed by atoms with van der Waals surface area (Å²) in [5.74, 6) is -0.139. The second kappa shape index (κ2) is 6.10. The highest BCUT2D eigenvalue weighted by molar-refractivity contribution is 9.10. The number of rotatable bonds is 2. The van der Waals surface area contributed by atoms with Crippen LogP contribution in [0.3, 0.4) is 0 Å². The Morgan fingerprint density at radius 2 is 1.95 bits per heavy atom. The quantitative estimate of drug-likeness (QED) is 0.702. The summed E-state index contributed by atoms with van der Waals surface area (Å²) >= 11 is 3.29. The molecular weight excluding hydrogens is 331 g/mol. The number of fused-ring (bicyclic) bond motifs is 1. The fourth-order valence-electron chi connectivity index (χ4n) is 3.03. The Bertz CT molecular complexity index is 681. The van der Waals surface area contributed by atoms with Gasteiger partial charge in [-0.15, -0.1) is 0 Å². The molecule has 1 nitrogen and oxygen atoms in total. The van der Waals surface area contributed by atoms with Gasteiger partial charge in [-0.1, -0.05) is 36.4 Å². The minimum absolute atomic E-state index is 0.0632. The molecule has 0 aliphatic heterocycles. The average molecular weight is 347 g/mol. The molecule has 0 N–H and O–H groups in total. The molecule has 0 aromatic heterocycles. The Kier molecular flexibility index (Phi) is 4.20. The number of hydrogen-bond donors (Lipinski definition) is 0. The van der Waals surface area contributed by atoms with E-state index in [2.05, 4.69) is 15.9 Å². The molecular formula is C18H16BrFO. The van der Waals surface area contributed by atoms with Crippen LogP contribution < -0.4 is 0 Å². The third-order valence-corrected chi connectivity index (χ3v) is 5.04. The van der Waals surface area contributed by atoms with Crippen LogP contribution in [-0.2, 0) is 12.8 Å². The summed E-state index contributed by atoms with van der Waals surface area (Å²) in [6.07, 6.45) is 3.39. The Morgan fingerprint density at radius 3 is 2.81 bits per heavy atom. The highest BCUT2D eigenvalue weighted by Gasteiger charge is 2.26. The summed E-state index contributed by atoms with van der Waals surface area (Å²) < 4.78 is 14.1. The van der Waals surface area contributed by atoms with Crippen LogP contribution in [0.2, 0.25) is 0 Å². The molecule has 0 fully saturated rings. The van der Waals surface area contributed by atoms with Crippen LogP contribution >= 0.6 is 15.9 Å². The van der Waals surface area contributed by atoms with Gasteiger partial charge in [-0.25, -0.2) is 4.39 Å². The predicted molar refractivity (Wildman–Crippen MR) is 85.0 cm³/mol. The molecule has 2 aromatic carbocycles. The van der Waals surface area contributed by atoms with Gasteiger partial charge in [0.1, 0.15) is 5.82 Å². The highest BCUT2D eigenvalue weighted by Crippen LogP contribution is 2.30. The van der Waals surface area contributed by atoms with Crippen LogP contribution in [0.15, 0.2) is 46.9 Å². The number of ketones is 1. The number of benzene rings is 2. The summed E-state index contributed by atoms with van der Waals surface area (Å²) in [6, 6.07) is 12.9. The maximum atomic E-state index is 13.6. The lowest BCUT2D eigenvalue weighted by atomic mass is 9.89. The smallest absolute Gasteiger partial charge is 0.166 e. The standard InChI is InChI=1S/C18H16BrFO/c19-17-13(7-4-10-16(17)20)11-14-8-3-6-12-5-1-2-9-15(12)18(14)21/h1-2,4-5,7,9-10,14H,3,6,8,11H2. The van der Waals surface area contributed by atoms with Crippen LogP contribution in [0.5, 0.6) is 0 Å². The van der Waals surface area contributed by atoms with Crippen LogP contribution in [0.25, 0.3) is 0 Å². The van der Waals surface area contributed by atoms with E-state index in [0.29, 0.717) is 10.9 Å². The highest BCUT2D eigenvalue weighted by atomic mass is 79.9. The van der Waals surface area contributed by atoms with E-state index in [9.17, 15) is 9.18 Å². The summed E-state index contributed by atoms with van der Waals surface area (Å²) in [6.45, 7) is 0. The van der Waals surface area contributed by atoms with Crippen molar-refractivity contribution < 1.29 is 9.18 Å². The van der Waals surface area contributed by atoms with Crippen LogP contribution in [-0.4, -0.2) is 5.78 Å². The molecule has 0 radical (unpaired) electrons. The number of carbonyl (C=O) groups excluding carboxylic acids is 1. The first-order chi connectivity index (χ1) is 10.2. The molecule has 21 heavy (non-hydrogen) atoms. The number of Topliss-reactive ketones (excluding diaryl/α,β-unsaturated/α-hetero) is 1. The third-order valence-electron chi connectivity index (χ3n) is 4.15. The molecule has 3 rings (SSSR count). The lowest BCUT2D eigenvalue weighted by Gasteiger charge is -2.15. The van der Waals surface area contributed by atoms with Crippen LogP contribution in [0, 0.1) is 11.7 Å². The van der Waals surface area contributed by atoms with Crippen molar-refractivity contribution in [1.29, 1.82) is 0 Å². The normalized spacial score (nSPS) is 18.2. The van der Waals surface area contributed by atoms with Gasteiger partial charge in [0.25, 0.3) is 0 Å². The molecule has 3 heteroatoms. The number of aryl methyl sites for hydroxylation is 1. The van der Waals surface area contributed by atoms with Crippen molar-refractivity contribution in [3.8, 4) is 0 Å². The monoisotopic (exact) mass is 346 g/mol. The summed E-state index contributed by atoms with van der Waals surface area (Å²) in [4.78, 5) is 12.7. The maximum Gasteiger partial charge on any atom is 0.166 e. The molecule has 2 aromatic rings. The van der Waals surface area contributed by atoms with Gasteiger partial charge in [0.15, 0.2) is 5.78 Å². The molecule has 0 heterocycles. The van der Waals surface area contributed by atoms with E-state index < -0.39 is 0 Å². The zero-order valence-electron chi connectivity index (χ0n) is 11.6. The van der Waals surface area contributed by atoms with E-state index in [-0.39, 0.29) is 17.5 Å². The third kappa shape index (κ3) is 2.93. The zero-order valence-corrected chi connectivity index (χ0v) is 13.2. The van der Waals surface area contributed by atoms with Crippen molar-refractivity contribution in [1.82, 2.24) is 0 Å². The van der Waals surface area contributed by atoms with Crippen molar-refractivity contribution >= 4 is 21.7 Å². The first kappa shape index (κ1) is 14.5. The molecule has 0 saturated heterocycles. The molecule has 108 valence electrons. The van der Waals surface area contributed by atoms with Crippen LogP contribution in [0.1, 0.15) is 34.3 Å². The predicted octanol–water partition coefficient (Wildman–Crippen LogP) is 4.97. The fourth-order valence-corrected chi connectivity index (χ4v) is 3.46. The first-order valence-electron chi connectivity index (χ1n) is 7.22. The van der Waals surface area contributed by atoms with Gasteiger partial charge >= 0.3 is 0 Å². The summed E-state index contributed by atoms with van der Waals surface area (Å²) in [5, 5.41) is 0. The SMILES string of the molecule is O=C1c2ccccc2CCCC1Cc1cccc(F)c1Br. The Morgan fingerprint density at radius 1 is 1.14 bits per heavy atom. The van der Waals surface area contributed by atoms with Gasteiger partial charge in [-0.3, -0.25) is 4.79 Å². The Balaban J connectivity index is 1.90. The van der Waals surface area contributed by atoms with Crippen molar-refractivity contribution in [3.05, 3.63) is 69.4 Å². The maximum absolute atomic E-state index is 13.6. The largest absolute Gasteiger partial charge is 0.294 e. The molecule has 1 aliphatic carbocycles. The van der Waals surface area contributed by atoms with Crippen molar-refractivity contribution in [2.45, 2.75) is 25.7 Å². The summed E-state index contributed by atoms with van der Waals surface area (Å²) in [5.41, 5.74) is 2.85. The zero-order chi connectivity index (χ0) is 14.8. The molecule has 1 atom stereocenters. The van der Waals surface area contributed by atoms with Gasteiger partial charge in [-0.2, -0.15) is 0 Å². The summed E-state index contributed by atoms with van der Waals surface area (Å²) in [7, 11) is 0. The van der Waals surface area contributed by atoms with Crippen molar-refractivity contribution in [2.75, 3.05) is 0 Å². The number of hydrogen-bond acceptors (Lipinski definition) is 1. The first-order valence-corrected chi connectivity index (χ1v) is 8.01. The topological polar surface area (TPSA) is 17.1 Å². The van der Waals surface area contributed by atoms with Gasteiger partial charge in [-0.05, 0) is 58.8 Å². The second-order valence-electron chi connectivity index (χ2n) is 5.53. The van der Waals surface area contributed by atoms with E-state index in [1.165, 1.54) is 6.07 Å². The number of halogens is 2. The van der Waals surface area contributed by atoms with Gasteiger partial charge in [0.05, 0.1) is 4.47 Å². The van der Waals surface area contributed by atoms with E-state index in [1.54, 1.807) is 6.07 Å². The Labute approximate surface area is 132 Å². The van der Waals surface area contributed by atoms with Crippen molar-refractivity contribution in [3.63, 3.8) is 0 Å². The van der Waals surface area contributed by atoms with E-state index in [1.807, 2.05) is 30.3 Å².